The van der Waals surface area contributed by atoms with Gasteiger partial charge in [0.15, 0.2) is 0 Å². The van der Waals surface area contributed by atoms with Crippen LogP contribution in [0.1, 0.15) is 28.9 Å². The van der Waals surface area contributed by atoms with Gasteiger partial charge in [0.25, 0.3) is 5.91 Å². The number of ether oxygens (including phenoxy) is 2. The van der Waals surface area contributed by atoms with Crippen LogP contribution in [0.4, 0.5) is 4.39 Å². The Morgan fingerprint density at radius 1 is 1.23 bits per heavy atom. The SMILES string of the molecule is CN(CCOc1cccc(CNC(=O)c2cc3c(F)cccc3[nH]2)c1)C1CCOCC1. The molecule has 0 unspecified atom stereocenters. The predicted octanol–water partition coefficient (Wildman–Crippen LogP) is 3.73. The standard InChI is InChI=1S/C24H28FN3O3/c1-28(18-8-11-30-12-9-18)10-13-31-19-5-2-4-17(14-19)16-26-24(29)23-15-20-21(25)6-3-7-22(20)27-23/h2-7,14-15,18,27H,8-13,16H2,1H3,(H,26,29). The summed E-state index contributed by atoms with van der Waals surface area (Å²) in [6, 6.07) is 14.5. The zero-order chi connectivity index (χ0) is 21.6. The molecule has 4 rings (SSSR count). The van der Waals surface area contributed by atoms with Gasteiger partial charge in [-0.3, -0.25) is 9.69 Å². The summed E-state index contributed by atoms with van der Waals surface area (Å²) in [7, 11) is 2.13. The van der Waals surface area contributed by atoms with Crippen LogP contribution in [-0.2, 0) is 11.3 Å². The van der Waals surface area contributed by atoms with E-state index >= 15 is 0 Å². The number of amides is 1. The third-order valence-corrected chi connectivity index (χ3v) is 5.73. The number of halogens is 1. The summed E-state index contributed by atoms with van der Waals surface area (Å²) in [4.78, 5) is 17.8. The number of carbonyl (C=O) groups is 1. The number of nitrogens with one attached hydrogen (secondary N) is 2. The Labute approximate surface area is 181 Å². The van der Waals surface area contributed by atoms with E-state index in [1.165, 1.54) is 12.1 Å². The van der Waals surface area contributed by atoms with Crippen LogP contribution in [0.25, 0.3) is 10.9 Å². The predicted molar refractivity (Wildman–Crippen MR) is 118 cm³/mol. The maximum atomic E-state index is 13.8. The highest BCUT2D eigenvalue weighted by Crippen LogP contribution is 2.19. The van der Waals surface area contributed by atoms with E-state index < -0.39 is 0 Å². The van der Waals surface area contributed by atoms with E-state index in [0.29, 0.717) is 35.8 Å². The molecule has 164 valence electrons. The third kappa shape index (κ3) is 5.42. The molecule has 2 N–H and O–H groups in total. The van der Waals surface area contributed by atoms with E-state index in [1.54, 1.807) is 12.1 Å². The topological polar surface area (TPSA) is 66.6 Å². The molecule has 1 aliphatic rings. The van der Waals surface area contributed by atoms with E-state index in [9.17, 15) is 9.18 Å². The van der Waals surface area contributed by atoms with E-state index in [2.05, 4.69) is 22.2 Å². The van der Waals surface area contributed by atoms with Crippen LogP contribution in [-0.4, -0.2) is 55.2 Å². The van der Waals surface area contributed by atoms with Crippen molar-refractivity contribution in [2.24, 2.45) is 0 Å². The Kier molecular flexibility index (Phi) is 6.84. The van der Waals surface area contributed by atoms with Crippen LogP contribution in [0.3, 0.4) is 0 Å². The largest absolute Gasteiger partial charge is 0.492 e. The lowest BCUT2D eigenvalue weighted by molar-refractivity contribution is 0.0392. The molecule has 2 aromatic carbocycles. The number of aromatic nitrogens is 1. The molecule has 0 spiro atoms. The first-order chi connectivity index (χ1) is 15.1. The first kappa shape index (κ1) is 21.3. The zero-order valence-electron chi connectivity index (χ0n) is 17.7. The first-order valence-electron chi connectivity index (χ1n) is 10.7. The molecule has 2 heterocycles. The Morgan fingerprint density at radius 2 is 2.03 bits per heavy atom. The van der Waals surface area contributed by atoms with Crippen molar-refractivity contribution in [2.45, 2.75) is 25.4 Å². The number of fused-ring (bicyclic) bond motifs is 1. The van der Waals surface area contributed by atoms with Gasteiger partial charge in [-0.05, 0) is 55.8 Å². The fourth-order valence-corrected chi connectivity index (χ4v) is 3.88. The molecular formula is C24H28FN3O3. The number of rotatable bonds is 8. The highest BCUT2D eigenvalue weighted by molar-refractivity contribution is 5.98. The van der Waals surface area contributed by atoms with Crippen molar-refractivity contribution in [1.29, 1.82) is 0 Å². The van der Waals surface area contributed by atoms with Crippen LogP contribution >= 0.6 is 0 Å². The molecule has 1 fully saturated rings. The molecule has 0 radical (unpaired) electrons. The summed E-state index contributed by atoms with van der Waals surface area (Å²) in [5, 5.41) is 3.28. The smallest absolute Gasteiger partial charge is 0.267 e. The Hall–Kier alpha value is -2.90. The first-order valence-corrected chi connectivity index (χ1v) is 10.7. The third-order valence-electron chi connectivity index (χ3n) is 5.73. The van der Waals surface area contributed by atoms with E-state index in [4.69, 9.17) is 9.47 Å². The summed E-state index contributed by atoms with van der Waals surface area (Å²) >= 11 is 0. The Morgan fingerprint density at radius 3 is 2.84 bits per heavy atom. The number of aromatic amines is 1. The van der Waals surface area contributed by atoms with Gasteiger partial charge in [-0.25, -0.2) is 4.39 Å². The number of carbonyl (C=O) groups excluding carboxylic acids is 1. The quantitative estimate of drug-likeness (QED) is 0.577. The second-order valence-electron chi connectivity index (χ2n) is 7.89. The summed E-state index contributed by atoms with van der Waals surface area (Å²) in [5.41, 5.74) is 1.88. The van der Waals surface area contributed by atoms with Crippen LogP contribution in [0.2, 0.25) is 0 Å². The fraction of sp³-hybridized carbons (Fsp3) is 0.375. The number of H-pyrrole nitrogens is 1. The molecule has 1 aliphatic heterocycles. The van der Waals surface area contributed by atoms with E-state index in [1.807, 2.05) is 24.3 Å². The van der Waals surface area contributed by atoms with Crippen LogP contribution in [0.15, 0.2) is 48.5 Å². The van der Waals surface area contributed by atoms with Gasteiger partial charge in [0, 0.05) is 43.2 Å². The maximum absolute atomic E-state index is 13.8. The summed E-state index contributed by atoms with van der Waals surface area (Å²) in [6.45, 7) is 3.47. The van der Waals surface area contributed by atoms with Gasteiger partial charge in [0.1, 0.15) is 23.9 Å². The molecular weight excluding hydrogens is 397 g/mol. The molecule has 3 aromatic rings. The minimum atomic E-state index is -0.347. The number of likely N-dealkylation sites (N-methyl/N-ethyl adjacent to an activating group) is 1. The van der Waals surface area contributed by atoms with Gasteiger partial charge in [0.05, 0.1) is 0 Å². The molecule has 7 heteroatoms. The maximum Gasteiger partial charge on any atom is 0.267 e. The number of nitrogens with zero attached hydrogens (tertiary/aromatic N) is 1. The molecule has 1 amide bonds. The minimum Gasteiger partial charge on any atom is -0.492 e. The normalized spacial score (nSPS) is 14.8. The van der Waals surface area contributed by atoms with E-state index in [0.717, 1.165) is 43.9 Å². The van der Waals surface area contributed by atoms with Gasteiger partial charge in [-0.15, -0.1) is 0 Å². The number of hydrogen-bond donors (Lipinski definition) is 2. The van der Waals surface area contributed by atoms with Crippen molar-refractivity contribution in [3.63, 3.8) is 0 Å². The van der Waals surface area contributed by atoms with Gasteiger partial charge < -0.3 is 19.8 Å². The van der Waals surface area contributed by atoms with Gasteiger partial charge in [0.2, 0.25) is 0 Å². The zero-order valence-corrected chi connectivity index (χ0v) is 17.7. The van der Waals surface area contributed by atoms with Crippen molar-refractivity contribution in [3.05, 3.63) is 65.6 Å². The monoisotopic (exact) mass is 425 g/mol. The lowest BCUT2D eigenvalue weighted by atomic mass is 10.1. The molecule has 0 saturated carbocycles. The lowest BCUT2D eigenvalue weighted by Crippen LogP contribution is -2.38. The number of benzene rings is 2. The lowest BCUT2D eigenvalue weighted by Gasteiger charge is -2.31. The Bertz CT molecular complexity index is 1030. The van der Waals surface area contributed by atoms with Crippen molar-refractivity contribution in [3.8, 4) is 5.75 Å². The van der Waals surface area contributed by atoms with Crippen molar-refractivity contribution >= 4 is 16.8 Å². The van der Waals surface area contributed by atoms with Gasteiger partial charge >= 0.3 is 0 Å². The highest BCUT2D eigenvalue weighted by atomic mass is 19.1. The summed E-state index contributed by atoms with van der Waals surface area (Å²) < 4.78 is 25.2. The average Bonchev–Trinajstić information content (AvgIpc) is 3.24. The second kappa shape index (κ2) is 9.94. The van der Waals surface area contributed by atoms with E-state index in [-0.39, 0.29) is 11.7 Å². The molecule has 1 saturated heterocycles. The highest BCUT2D eigenvalue weighted by Gasteiger charge is 2.18. The molecule has 0 aliphatic carbocycles. The van der Waals surface area contributed by atoms with Crippen molar-refractivity contribution < 1.29 is 18.7 Å². The van der Waals surface area contributed by atoms with Gasteiger partial charge in [-0.1, -0.05) is 18.2 Å². The fourth-order valence-electron chi connectivity index (χ4n) is 3.88. The van der Waals surface area contributed by atoms with Crippen LogP contribution < -0.4 is 10.1 Å². The molecule has 0 atom stereocenters. The second-order valence-corrected chi connectivity index (χ2v) is 7.89. The number of hydrogen-bond acceptors (Lipinski definition) is 4. The molecule has 1 aromatic heterocycles. The van der Waals surface area contributed by atoms with Crippen LogP contribution in [0, 0.1) is 5.82 Å². The minimum absolute atomic E-state index is 0.278. The van der Waals surface area contributed by atoms with Crippen molar-refractivity contribution in [2.75, 3.05) is 33.4 Å². The molecule has 0 bridgehead atoms. The average molecular weight is 426 g/mol. The summed E-state index contributed by atoms with van der Waals surface area (Å²) in [6.07, 6.45) is 2.13. The van der Waals surface area contributed by atoms with Crippen molar-refractivity contribution in [1.82, 2.24) is 15.2 Å². The molecule has 6 nitrogen and oxygen atoms in total. The van der Waals surface area contributed by atoms with Crippen LogP contribution in [0.5, 0.6) is 5.75 Å². The molecule has 31 heavy (non-hydrogen) atoms. The van der Waals surface area contributed by atoms with Gasteiger partial charge in [-0.2, -0.15) is 0 Å². The Balaban J connectivity index is 1.27. The summed E-state index contributed by atoms with van der Waals surface area (Å²) in [5.74, 6) is 0.153.